The third-order valence-electron chi connectivity index (χ3n) is 8.55. The van der Waals surface area contributed by atoms with Crippen LogP contribution in [-0.2, 0) is 28.7 Å². The number of aliphatic hydroxyl groups is 3. The number of carbonyl (C=O) groups excluding carboxylic acids is 3. The number of fused-ring (bicyclic) bond motifs is 3. The second kappa shape index (κ2) is 9.89. The minimum atomic E-state index is -4.87. The van der Waals surface area contributed by atoms with Gasteiger partial charge in [-0.05, 0) is 61.9 Å². The van der Waals surface area contributed by atoms with E-state index in [0.717, 1.165) is 32.0 Å². The fourth-order valence-electron chi connectivity index (χ4n) is 6.72. The van der Waals surface area contributed by atoms with Crippen molar-refractivity contribution in [2.45, 2.75) is 50.4 Å². The molecule has 1 saturated heterocycles. The molecule has 0 radical (unpaired) electrons. The summed E-state index contributed by atoms with van der Waals surface area (Å²) >= 11 is 0. The Labute approximate surface area is 227 Å². The zero-order valence-corrected chi connectivity index (χ0v) is 21.5. The first-order valence-electron chi connectivity index (χ1n) is 13.1. The Kier molecular flexibility index (Phi) is 6.95. The van der Waals surface area contributed by atoms with E-state index in [1.165, 1.54) is 0 Å². The number of aliphatic hydroxyl groups excluding tert-OH is 2. The zero-order valence-electron chi connectivity index (χ0n) is 21.5. The van der Waals surface area contributed by atoms with Gasteiger partial charge >= 0.3 is 6.18 Å². The Morgan fingerprint density at radius 2 is 1.82 bits per heavy atom. The van der Waals surface area contributed by atoms with E-state index < -0.39 is 99.0 Å². The monoisotopic (exact) mass is 565 g/mol. The number of nitrogens with zero attached hydrogens (tertiary/aromatic N) is 1. The van der Waals surface area contributed by atoms with Gasteiger partial charge in [0, 0.05) is 37.5 Å². The van der Waals surface area contributed by atoms with E-state index in [2.05, 4.69) is 10.2 Å². The maximum atomic E-state index is 14.4. The fraction of sp³-hybridized carbons (Fsp3) is 0.519. The number of primary amides is 1. The summed E-state index contributed by atoms with van der Waals surface area (Å²) in [4.78, 5) is 40.5. The molecule has 216 valence electrons. The van der Waals surface area contributed by atoms with Crippen LogP contribution in [0.5, 0.6) is 5.75 Å². The molecule has 40 heavy (non-hydrogen) atoms. The minimum Gasteiger partial charge on any atom is -0.511 e. The van der Waals surface area contributed by atoms with Crippen molar-refractivity contribution in [2.24, 2.45) is 17.6 Å². The molecule has 1 heterocycles. The number of ketones is 2. The number of Topliss-reactive ketones (excluding diaryl/α,β-unsaturated/α-hetero) is 2. The number of nitrogens with two attached hydrogens (primary N) is 1. The summed E-state index contributed by atoms with van der Waals surface area (Å²) in [6, 6.07) is 0.873. The second-order valence-electron chi connectivity index (χ2n) is 10.9. The topological polar surface area (TPSA) is 173 Å². The number of nitrogens with one attached hydrogen (secondary N) is 1. The number of phenolic OH excluding ortho intramolecular Hbond substituents is 1. The molecular formula is C27H30F3N3O7. The standard InChI is InChI=1S/C27H30F3N3O7/c28-27(29,30)21-13(11-32-3-6-33-4-1-2-5-33)9-16(34)19-15(21)8-12-7-14-10-17(35)20(25(31)39)24(38)26(14,40)23(37)18(12)22(19)36/h9,12,14,32,34-35,37,40H,1-8,10-11H2,(H2,31,39)/t12?,14-,26-/m0/s1. The molecule has 1 aromatic carbocycles. The van der Waals surface area contributed by atoms with Crippen LogP contribution >= 0.6 is 0 Å². The predicted octanol–water partition coefficient (Wildman–Crippen LogP) is 1.78. The Morgan fingerprint density at radius 1 is 1.15 bits per heavy atom. The van der Waals surface area contributed by atoms with E-state index in [-0.39, 0.29) is 18.5 Å². The van der Waals surface area contributed by atoms with Gasteiger partial charge in [0.15, 0.2) is 11.4 Å². The fourth-order valence-corrected chi connectivity index (χ4v) is 6.72. The maximum Gasteiger partial charge on any atom is 0.417 e. The number of aromatic hydroxyl groups is 1. The molecule has 13 heteroatoms. The lowest BCUT2D eigenvalue weighted by Gasteiger charge is -2.45. The highest BCUT2D eigenvalue weighted by Gasteiger charge is 2.60. The number of carbonyl (C=O) groups is 3. The second-order valence-corrected chi connectivity index (χ2v) is 10.9. The van der Waals surface area contributed by atoms with E-state index in [9.17, 15) is 48.0 Å². The van der Waals surface area contributed by atoms with Crippen LogP contribution in [0.15, 0.2) is 28.7 Å². The molecule has 1 aliphatic heterocycles. The summed E-state index contributed by atoms with van der Waals surface area (Å²) in [6.45, 7) is 2.74. The van der Waals surface area contributed by atoms with Crippen molar-refractivity contribution in [3.05, 3.63) is 51.0 Å². The summed E-state index contributed by atoms with van der Waals surface area (Å²) < 4.78 is 43.3. The zero-order chi connectivity index (χ0) is 29.1. The van der Waals surface area contributed by atoms with Gasteiger partial charge in [-0.3, -0.25) is 14.4 Å². The van der Waals surface area contributed by atoms with Gasteiger partial charge in [-0.15, -0.1) is 0 Å². The summed E-state index contributed by atoms with van der Waals surface area (Å²) in [5.41, 5.74) is -1.43. The van der Waals surface area contributed by atoms with Crippen LogP contribution in [0.25, 0.3) is 0 Å². The first-order valence-corrected chi connectivity index (χ1v) is 13.1. The smallest absolute Gasteiger partial charge is 0.417 e. The van der Waals surface area contributed by atoms with Crippen LogP contribution < -0.4 is 11.1 Å². The highest BCUT2D eigenvalue weighted by Crippen LogP contribution is 2.53. The molecule has 0 bridgehead atoms. The third-order valence-corrected chi connectivity index (χ3v) is 8.55. The Bertz CT molecular complexity index is 1360. The number of halogens is 3. The van der Waals surface area contributed by atoms with Crippen molar-refractivity contribution in [3.63, 3.8) is 0 Å². The predicted molar refractivity (Wildman–Crippen MR) is 133 cm³/mol. The van der Waals surface area contributed by atoms with E-state index >= 15 is 0 Å². The molecule has 5 rings (SSSR count). The largest absolute Gasteiger partial charge is 0.511 e. The Hall–Kier alpha value is -3.42. The SMILES string of the molecule is NC(=O)C1=C(O)C[C@@H]2CC3Cc4c(c(O)cc(CNCCN5CCCC5)c4C(F)(F)F)C(=O)C3=C(O)[C@]2(O)C1=O. The summed E-state index contributed by atoms with van der Waals surface area (Å²) in [6.07, 6.45) is -3.86. The average molecular weight is 566 g/mol. The number of alkyl halides is 3. The number of hydrogen-bond donors (Lipinski definition) is 6. The number of amides is 1. The number of likely N-dealkylation sites (tertiary alicyclic amines) is 1. The van der Waals surface area contributed by atoms with Crippen molar-refractivity contribution < 1.29 is 48.0 Å². The van der Waals surface area contributed by atoms with Crippen molar-refractivity contribution >= 4 is 17.5 Å². The molecule has 3 aliphatic carbocycles. The third kappa shape index (κ3) is 4.36. The Balaban J connectivity index is 1.54. The first-order chi connectivity index (χ1) is 18.8. The van der Waals surface area contributed by atoms with Gasteiger partial charge in [0.05, 0.1) is 11.1 Å². The lowest BCUT2D eigenvalue weighted by atomic mass is 9.60. The van der Waals surface area contributed by atoms with Crippen molar-refractivity contribution in [1.82, 2.24) is 10.2 Å². The van der Waals surface area contributed by atoms with Gasteiger partial charge in [0.1, 0.15) is 22.8 Å². The van der Waals surface area contributed by atoms with Gasteiger partial charge < -0.3 is 36.4 Å². The molecule has 1 aromatic rings. The molecule has 1 fully saturated rings. The van der Waals surface area contributed by atoms with E-state index in [1.54, 1.807) is 0 Å². The van der Waals surface area contributed by atoms with Crippen LogP contribution in [0.2, 0.25) is 0 Å². The molecule has 1 unspecified atom stereocenters. The summed E-state index contributed by atoms with van der Waals surface area (Å²) in [5.74, 6) is -8.72. The highest BCUT2D eigenvalue weighted by molar-refractivity contribution is 6.24. The number of phenols is 1. The van der Waals surface area contributed by atoms with Crippen LogP contribution in [0, 0.1) is 11.8 Å². The van der Waals surface area contributed by atoms with Gasteiger partial charge in [-0.1, -0.05) is 0 Å². The number of allylic oxidation sites excluding steroid dienone is 2. The molecule has 0 aromatic heterocycles. The lowest BCUT2D eigenvalue weighted by Crippen LogP contribution is -2.57. The van der Waals surface area contributed by atoms with E-state index in [1.807, 2.05) is 0 Å². The quantitative estimate of drug-likeness (QED) is 0.222. The van der Waals surface area contributed by atoms with E-state index in [4.69, 9.17) is 5.73 Å². The van der Waals surface area contributed by atoms with Crippen molar-refractivity contribution in [1.29, 1.82) is 0 Å². The van der Waals surface area contributed by atoms with Crippen LogP contribution in [0.4, 0.5) is 13.2 Å². The number of rotatable bonds is 6. The Morgan fingerprint density at radius 3 is 2.45 bits per heavy atom. The van der Waals surface area contributed by atoms with Gasteiger partial charge in [-0.25, -0.2) is 0 Å². The van der Waals surface area contributed by atoms with Gasteiger partial charge in [0.2, 0.25) is 5.78 Å². The van der Waals surface area contributed by atoms with E-state index in [0.29, 0.717) is 13.1 Å². The molecule has 3 atom stereocenters. The lowest BCUT2D eigenvalue weighted by molar-refractivity contribution is -0.144. The van der Waals surface area contributed by atoms with Gasteiger partial charge in [0.25, 0.3) is 5.91 Å². The van der Waals surface area contributed by atoms with Gasteiger partial charge in [-0.2, -0.15) is 13.2 Å². The molecule has 7 N–H and O–H groups in total. The normalized spacial score (nSPS) is 27.1. The van der Waals surface area contributed by atoms with Crippen LogP contribution in [-0.4, -0.2) is 74.6 Å². The summed E-state index contributed by atoms with van der Waals surface area (Å²) in [7, 11) is 0. The van der Waals surface area contributed by atoms with Crippen molar-refractivity contribution in [2.75, 3.05) is 26.2 Å². The molecule has 1 amide bonds. The molecular weight excluding hydrogens is 535 g/mol. The number of hydrogen-bond acceptors (Lipinski definition) is 9. The number of benzene rings is 1. The molecule has 10 nitrogen and oxygen atoms in total. The average Bonchev–Trinajstić information content (AvgIpc) is 3.36. The first kappa shape index (κ1) is 28.1. The van der Waals surface area contributed by atoms with Crippen molar-refractivity contribution in [3.8, 4) is 5.75 Å². The maximum absolute atomic E-state index is 14.4. The minimum absolute atomic E-state index is 0.207. The summed E-state index contributed by atoms with van der Waals surface area (Å²) in [5, 5.41) is 46.3. The van der Waals surface area contributed by atoms with Crippen LogP contribution in [0.1, 0.15) is 52.7 Å². The molecule has 4 aliphatic rings. The molecule has 0 saturated carbocycles. The highest BCUT2D eigenvalue weighted by atomic mass is 19.4. The molecule has 0 spiro atoms. The van der Waals surface area contributed by atoms with Crippen LogP contribution in [0.3, 0.4) is 0 Å².